The van der Waals surface area contributed by atoms with E-state index in [1.165, 1.54) is 23.5 Å². The number of aryl methyl sites for hydroxylation is 1. The van der Waals surface area contributed by atoms with Crippen LogP contribution in [0.5, 0.6) is 0 Å². The summed E-state index contributed by atoms with van der Waals surface area (Å²) in [5.41, 5.74) is 2.66. The third kappa shape index (κ3) is 4.42. The van der Waals surface area contributed by atoms with Gasteiger partial charge in [0.1, 0.15) is 5.82 Å². The van der Waals surface area contributed by atoms with Crippen LogP contribution in [-0.2, 0) is 11.2 Å². The van der Waals surface area contributed by atoms with Crippen LogP contribution in [0.25, 0.3) is 11.3 Å². The van der Waals surface area contributed by atoms with Gasteiger partial charge in [-0.3, -0.25) is 4.79 Å². The van der Waals surface area contributed by atoms with Crippen LogP contribution in [0.15, 0.2) is 48.5 Å². The number of carbonyl (C=O) groups excluding carboxylic acids is 1. The molecule has 1 aromatic heterocycles. The van der Waals surface area contributed by atoms with E-state index in [-0.39, 0.29) is 24.2 Å². The normalized spacial score (nSPS) is 14.7. The van der Waals surface area contributed by atoms with Gasteiger partial charge in [0.05, 0.1) is 23.2 Å². The summed E-state index contributed by atoms with van der Waals surface area (Å²) < 4.78 is 13.2. The molecule has 2 aromatic carbocycles. The Kier molecular flexibility index (Phi) is 5.47. The van der Waals surface area contributed by atoms with Gasteiger partial charge in [-0.25, -0.2) is 9.37 Å². The maximum absolute atomic E-state index is 13.2. The van der Waals surface area contributed by atoms with Crippen molar-refractivity contribution >= 4 is 28.8 Å². The molecule has 6 heteroatoms. The summed E-state index contributed by atoms with van der Waals surface area (Å²) in [6.07, 6.45) is 2.50. The predicted molar refractivity (Wildman–Crippen MR) is 111 cm³/mol. The molecule has 3 aromatic rings. The molecule has 4 rings (SSSR count). The Morgan fingerprint density at radius 2 is 1.89 bits per heavy atom. The van der Waals surface area contributed by atoms with Crippen molar-refractivity contribution in [1.82, 2.24) is 10.3 Å². The molecule has 0 bridgehead atoms. The largest absolute Gasteiger partial charge is 0.349 e. The molecule has 1 aliphatic rings. The van der Waals surface area contributed by atoms with E-state index in [0.717, 1.165) is 39.5 Å². The topological polar surface area (TPSA) is 42.0 Å². The van der Waals surface area contributed by atoms with Crippen LogP contribution < -0.4 is 5.32 Å². The summed E-state index contributed by atoms with van der Waals surface area (Å²) in [4.78, 5) is 18.3. The zero-order valence-corrected chi connectivity index (χ0v) is 17.0. The summed E-state index contributed by atoms with van der Waals surface area (Å²) in [5.74, 6) is 0.161. The minimum Gasteiger partial charge on any atom is -0.349 e. The maximum atomic E-state index is 13.2. The van der Waals surface area contributed by atoms with Crippen LogP contribution in [0.2, 0.25) is 5.02 Å². The van der Waals surface area contributed by atoms with E-state index in [2.05, 4.69) is 10.3 Å². The van der Waals surface area contributed by atoms with E-state index in [4.69, 9.17) is 11.6 Å². The maximum Gasteiger partial charge on any atom is 0.225 e. The van der Waals surface area contributed by atoms with Crippen LogP contribution in [0.3, 0.4) is 0 Å². The van der Waals surface area contributed by atoms with Gasteiger partial charge in [0, 0.05) is 15.5 Å². The summed E-state index contributed by atoms with van der Waals surface area (Å²) >= 11 is 7.50. The van der Waals surface area contributed by atoms with Crippen molar-refractivity contribution in [3.05, 3.63) is 74.8 Å². The Labute approximate surface area is 172 Å². The predicted octanol–water partition coefficient (Wildman–Crippen LogP) is 5.72. The lowest BCUT2D eigenvalue weighted by Gasteiger charge is -2.19. The first-order valence-corrected chi connectivity index (χ1v) is 10.5. The Morgan fingerprint density at radius 1 is 1.21 bits per heavy atom. The van der Waals surface area contributed by atoms with Gasteiger partial charge in [-0.05, 0) is 67.6 Å². The minimum absolute atomic E-state index is 0.00746. The highest BCUT2D eigenvalue weighted by Crippen LogP contribution is 2.41. The Balaban J connectivity index is 1.52. The number of halogens is 2. The average molecular weight is 415 g/mol. The van der Waals surface area contributed by atoms with E-state index >= 15 is 0 Å². The summed E-state index contributed by atoms with van der Waals surface area (Å²) in [6.45, 7) is 1.92. The number of nitrogens with zero attached hydrogens (tertiary/aromatic N) is 1. The van der Waals surface area contributed by atoms with E-state index in [1.807, 2.05) is 31.2 Å². The van der Waals surface area contributed by atoms with Crippen molar-refractivity contribution in [3.8, 4) is 11.3 Å². The Hall–Kier alpha value is -2.24. The molecule has 0 radical (unpaired) electrons. The van der Waals surface area contributed by atoms with E-state index in [0.29, 0.717) is 10.9 Å². The minimum atomic E-state index is -0.287. The number of thiazole rings is 1. The van der Waals surface area contributed by atoms with Gasteiger partial charge in [-0.2, -0.15) is 0 Å². The molecule has 1 saturated carbocycles. The monoisotopic (exact) mass is 414 g/mol. The van der Waals surface area contributed by atoms with Gasteiger partial charge in [-0.15, -0.1) is 11.3 Å². The van der Waals surface area contributed by atoms with Crippen LogP contribution in [0, 0.1) is 18.7 Å². The third-order valence-corrected chi connectivity index (χ3v) is 6.10. The second-order valence-corrected chi connectivity index (χ2v) is 8.85. The van der Waals surface area contributed by atoms with Crippen molar-refractivity contribution in [3.63, 3.8) is 0 Å². The fourth-order valence-electron chi connectivity index (χ4n) is 3.37. The van der Waals surface area contributed by atoms with Crippen molar-refractivity contribution in [2.45, 2.75) is 32.2 Å². The number of hydrogen-bond donors (Lipinski definition) is 1. The molecule has 1 amide bonds. The molecule has 1 N–H and O–H groups in total. The van der Waals surface area contributed by atoms with Gasteiger partial charge in [-0.1, -0.05) is 23.7 Å². The number of amides is 1. The lowest BCUT2D eigenvalue weighted by molar-refractivity contribution is -0.121. The second-order valence-electron chi connectivity index (χ2n) is 7.12. The highest BCUT2D eigenvalue weighted by molar-refractivity contribution is 7.12. The molecular weight excluding hydrogens is 395 g/mol. The molecule has 0 aliphatic heterocycles. The van der Waals surface area contributed by atoms with Crippen molar-refractivity contribution in [1.29, 1.82) is 0 Å². The SMILES string of the molecule is Cc1nc(-c2ccc(F)cc2)c(CC(=O)NC(c2ccc(Cl)cc2)C2CC2)s1. The summed E-state index contributed by atoms with van der Waals surface area (Å²) in [5, 5.41) is 4.77. The molecule has 0 spiro atoms. The molecule has 1 aliphatic carbocycles. The molecule has 1 fully saturated rings. The lowest BCUT2D eigenvalue weighted by Crippen LogP contribution is -2.31. The van der Waals surface area contributed by atoms with E-state index < -0.39 is 0 Å². The number of carbonyl (C=O) groups is 1. The number of nitrogens with one attached hydrogen (secondary N) is 1. The first-order valence-electron chi connectivity index (χ1n) is 9.26. The molecule has 0 saturated heterocycles. The van der Waals surface area contributed by atoms with Crippen molar-refractivity contribution < 1.29 is 9.18 Å². The number of hydrogen-bond acceptors (Lipinski definition) is 3. The zero-order valence-electron chi connectivity index (χ0n) is 15.4. The van der Waals surface area contributed by atoms with Crippen LogP contribution in [0.1, 0.15) is 34.3 Å². The Bertz CT molecular complexity index is 981. The highest BCUT2D eigenvalue weighted by Gasteiger charge is 2.33. The first kappa shape index (κ1) is 19.1. The molecule has 1 heterocycles. The zero-order chi connectivity index (χ0) is 19.7. The van der Waals surface area contributed by atoms with E-state index in [9.17, 15) is 9.18 Å². The van der Waals surface area contributed by atoms with Crippen molar-refractivity contribution in [2.24, 2.45) is 5.92 Å². The molecule has 144 valence electrons. The number of aromatic nitrogens is 1. The molecule has 1 unspecified atom stereocenters. The van der Waals surface area contributed by atoms with Gasteiger partial charge in [0.2, 0.25) is 5.91 Å². The van der Waals surface area contributed by atoms with Gasteiger partial charge in [0.15, 0.2) is 0 Å². The lowest BCUT2D eigenvalue weighted by atomic mass is 10.0. The fourth-order valence-corrected chi connectivity index (χ4v) is 4.45. The molecule has 1 atom stereocenters. The standard InChI is InChI=1S/C22H20ClFN2OS/c1-13-25-22(16-6-10-18(24)11-7-16)19(28-13)12-20(27)26-21(14-2-3-14)15-4-8-17(23)9-5-15/h4-11,14,21H,2-3,12H2,1H3,(H,26,27). The van der Waals surface area contributed by atoms with Crippen LogP contribution in [0.4, 0.5) is 4.39 Å². The third-order valence-electron chi connectivity index (χ3n) is 4.88. The Morgan fingerprint density at radius 3 is 2.54 bits per heavy atom. The van der Waals surface area contributed by atoms with Gasteiger partial charge < -0.3 is 5.32 Å². The van der Waals surface area contributed by atoms with Crippen LogP contribution in [-0.4, -0.2) is 10.9 Å². The summed E-state index contributed by atoms with van der Waals surface area (Å²) in [6, 6.07) is 13.9. The second kappa shape index (κ2) is 8.02. The number of rotatable bonds is 6. The van der Waals surface area contributed by atoms with Gasteiger partial charge >= 0.3 is 0 Å². The summed E-state index contributed by atoms with van der Waals surface area (Å²) in [7, 11) is 0. The quantitative estimate of drug-likeness (QED) is 0.560. The smallest absolute Gasteiger partial charge is 0.225 e. The van der Waals surface area contributed by atoms with Crippen LogP contribution >= 0.6 is 22.9 Å². The molecule has 3 nitrogen and oxygen atoms in total. The number of benzene rings is 2. The van der Waals surface area contributed by atoms with E-state index in [1.54, 1.807) is 12.1 Å². The highest BCUT2D eigenvalue weighted by atomic mass is 35.5. The van der Waals surface area contributed by atoms with Crippen molar-refractivity contribution in [2.75, 3.05) is 0 Å². The fraction of sp³-hybridized carbons (Fsp3) is 0.273. The molecular formula is C22H20ClFN2OS. The molecule has 28 heavy (non-hydrogen) atoms. The first-order chi connectivity index (χ1) is 13.5. The average Bonchev–Trinajstić information content (AvgIpc) is 3.45. The van der Waals surface area contributed by atoms with Gasteiger partial charge in [0.25, 0.3) is 0 Å².